The summed E-state index contributed by atoms with van der Waals surface area (Å²) in [6.45, 7) is 1.53. The molecule has 0 aliphatic carbocycles. The van der Waals surface area contributed by atoms with Gasteiger partial charge >= 0.3 is 0 Å². The number of amides is 1. The molecule has 110 valence electrons. The zero-order chi connectivity index (χ0) is 14.8. The third kappa shape index (κ3) is 2.63. The molecule has 5 nitrogen and oxygen atoms in total. The topological polar surface area (TPSA) is 64.2 Å². The average molecular weight is 284 g/mol. The van der Waals surface area contributed by atoms with Crippen LogP contribution in [-0.4, -0.2) is 33.7 Å². The van der Waals surface area contributed by atoms with Crippen molar-refractivity contribution in [3.63, 3.8) is 0 Å². The van der Waals surface area contributed by atoms with Gasteiger partial charge in [0.1, 0.15) is 0 Å². The predicted octanol–water partition coefficient (Wildman–Crippen LogP) is 2.02. The van der Waals surface area contributed by atoms with Crippen molar-refractivity contribution in [1.82, 2.24) is 14.7 Å². The molecule has 2 aromatic rings. The highest BCUT2D eigenvalue weighted by molar-refractivity contribution is 5.99. The lowest BCUT2D eigenvalue weighted by Gasteiger charge is -2.32. The summed E-state index contributed by atoms with van der Waals surface area (Å²) in [5, 5.41) is 4.22. The Labute approximate surface area is 124 Å². The molecule has 1 aromatic carbocycles. The second kappa shape index (κ2) is 5.60. The Morgan fingerprint density at radius 2 is 1.95 bits per heavy atom. The summed E-state index contributed by atoms with van der Waals surface area (Å²) in [7, 11) is 1.97. The number of piperidine rings is 1. The quantitative estimate of drug-likeness (QED) is 0.858. The Morgan fingerprint density at radius 3 is 2.57 bits per heavy atom. The van der Waals surface area contributed by atoms with Gasteiger partial charge in [0.15, 0.2) is 0 Å². The third-order valence-electron chi connectivity index (χ3n) is 4.25. The van der Waals surface area contributed by atoms with Gasteiger partial charge in [-0.1, -0.05) is 12.1 Å². The van der Waals surface area contributed by atoms with E-state index in [0.717, 1.165) is 25.9 Å². The van der Waals surface area contributed by atoms with Gasteiger partial charge in [-0.15, -0.1) is 0 Å². The Hall–Kier alpha value is -2.30. The number of hydrogen-bond acceptors (Lipinski definition) is 3. The second-order valence-corrected chi connectivity index (χ2v) is 5.53. The van der Waals surface area contributed by atoms with Gasteiger partial charge in [0.2, 0.25) is 0 Å². The first kappa shape index (κ1) is 13.7. The molecule has 21 heavy (non-hydrogen) atoms. The molecule has 0 unspecified atom stereocenters. The molecule has 5 heteroatoms. The Balaban J connectivity index is 1.67. The number of hydrogen-bond donors (Lipinski definition) is 1. The monoisotopic (exact) mass is 284 g/mol. The lowest BCUT2D eigenvalue weighted by Crippen LogP contribution is -2.38. The minimum Gasteiger partial charge on any atom is -0.398 e. The number of likely N-dealkylation sites (tertiary alicyclic amines) is 1. The molecule has 1 fully saturated rings. The van der Waals surface area contributed by atoms with Crippen LogP contribution in [-0.2, 0) is 7.05 Å². The van der Waals surface area contributed by atoms with Gasteiger partial charge < -0.3 is 10.6 Å². The molecule has 1 saturated heterocycles. The number of aryl methyl sites for hydroxylation is 1. The van der Waals surface area contributed by atoms with Crippen molar-refractivity contribution in [2.75, 3.05) is 18.8 Å². The maximum absolute atomic E-state index is 12.5. The van der Waals surface area contributed by atoms with Crippen LogP contribution in [0.15, 0.2) is 36.5 Å². The fourth-order valence-corrected chi connectivity index (χ4v) is 3.03. The molecule has 0 atom stereocenters. The van der Waals surface area contributed by atoms with E-state index in [-0.39, 0.29) is 5.91 Å². The maximum atomic E-state index is 12.5. The molecule has 0 saturated carbocycles. The SMILES string of the molecule is Cn1nccc1C1CCN(C(=O)c2ccccc2N)CC1. The predicted molar refractivity (Wildman–Crippen MR) is 81.9 cm³/mol. The van der Waals surface area contributed by atoms with Crippen molar-refractivity contribution in [3.8, 4) is 0 Å². The third-order valence-corrected chi connectivity index (χ3v) is 4.25. The Kier molecular flexibility index (Phi) is 3.64. The van der Waals surface area contributed by atoms with E-state index >= 15 is 0 Å². The number of carbonyl (C=O) groups is 1. The van der Waals surface area contributed by atoms with Crippen molar-refractivity contribution in [2.45, 2.75) is 18.8 Å². The molecule has 1 aromatic heterocycles. The number of anilines is 1. The van der Waals surface area contributed by atoms with Crippen LogP contribution in [0, 0.1) is 0 Å². The molecule has 1 aliphatic rings. The highest BCUT2D eigenvalue weighted by atomic mass is 16.2. The molecule has 3 rings (SSSR count). The number of nitrogen functional groups attached to an aromatic ring is 1. The summed E-state index contributed by atoms with van der Waals surface area (Å²) in [4.78, 5) is 14.4. The Morgan fingerprint density at radius 1 is 1.24 bits per heavy atom. The Bertz CT molecular complexity index is 641. The molecule has 0 bridgehead atoms. The van der Waals surface area contributed by atoms with E-state index in [4.69, 9.17) is 5.73 Å². The minimum absolute atomic E-state index is 0.0385. The van der Waals surface area contributed by atoms with Gasteiger partial charge in [-0.25, -0.2) is 0 Å². The average Bonchev–Trinajstić information content (AvgIpc) is 2.93. The van der Waals surface area contributed by atoms with Gasteiger partial charge in [-0.05, 0) is 31.0 Å². The first-order valence-electron chi connectivity index (χ1n) is 7.28. The standard InChI is InChI=1S/C16H20N4O/c1-19-15(6-9-18-19)12-7-10-20(11-8-12)16(21)13-4-2-3-5-14(13)17/h2-6,9,12H,7-8,10-11,17H2,1H3. The van der Waals surface area contributed by atoms with Crippen LogP contribution in [0.3, 0.4) is 0 Å². The van der Waals surface area contributed by atoms with Crippen LogP contribution in [0.5, 0.6) is 0 Å². The summed E-state index contributed by atoms with van der Waals surface area (Å²) >= 11 is 0. The zero-order valence-electron chi connectivity index (χ0n) is 12.2. The van der Waals surface area contributed by atoms with E-state index in [0.29, 0.717) is 17.2 Å². The van der Waals surface area contributed by atoms with Gasteiger partial charge in [-0.2, -0.15) is 5.10 Å². The normalized spacial score (nSPS) is 16.1. The molecule has 2 heterocycles. The van der Waals surface area contributed by atoms with E-state index in [1.54, 1.807) is 12.1 Å². The lowest BCUT2D eigenvalue weighted by molar-refractivity contribution is 0.0712. The summed E-state index contributed by atoms with van der Waals surface area (Å²) in [5.74, 6) is 0.520. The number of rotatable bonds is 2. The lowest BCUT2D eigenvalue weighted by atomic mass is 9.93. The summed E-state index contributed by atoms with van der Waals surface area (Å²) in [6.07, 6.45) is 3.77. The number of carbonyl (C=O) groups excluding carboxylic acids is 1. The summed E-state index contributed by atoms with van der Waals surface area (Å²) in [5.41, 5.74) is 8.30. The van der Waals surface area contributed by atoms with E-state index in [1.807, 2.05) is 35.0 Å². The van der Waals surface area contributed by atoms with Crippen LogP contribution in [0.4, 0.5) is 5.69 Å². The molecule has 0 spiro atoms. The molecule has 1 aliphatic heterocycles. The van der Waals surface area contributed by atoms with Crippen LogP contribution >= 0.6 is 0 Å². The summed E-state index contributed by atoms with van der Waals surface area (Å²) < 4.78 is 1.93. The molecule has 0 radical (unpaired) electrons. The molecule has 1 amide bonds. The van der Waals surface area contributed by atoms with Gasteiger partial charge in [0.25, 0.3) is 5.91 Å². The highest BCUT2D eigenvalue weighted by Gasteiger charge is 2.26. The van der Waals surface area contributed by atoms with Crippen LogP contribution in [0.25, 0.3) is 0 Å². The largest absolute Gasteiger partial charge is 0.398 e. The van der Waals surface area contributed by atoms with Crippen LogP contribution in [0.1, 0.15) is 34.8 Å². The number of benzene rings is 1. The fraction of sp³-hybridized carbons (Fsp3) is 0.375. The van der Waals surface area contributed by atoms with E-state index in [2.05, 4.69) is 11.2 Å². The summed E-state index contributed by atoms with van der Waals surface area (Å²) in [6, 6.07) is 9.34. The first-order valence-corrected chi connectivity index (χ1v) is 7.28. The van der Waals surface area contributed by atoms with Gasteiger partial charge in [0.05, 0.1) is 5.56 Å². The first-order chi connectivity index (χ1) is 10.2. The highest BCUT2D eigenvalue weighted by Crippen LogP contribution is 2.28. The van der Waals surface area contributed by atoms with Crippen LogP contribution in [0.2, 0.25) is 0 Å². The number of aromatic nitrogens is 2. The van der Waals surface area contributed by atoms with E-state index in [9.17, 15) is 4.79 Å². The second-order valence-electron chi connectivity index (χ2n) is 5.53. The van der Waals surface area contributed by atoms with E-state index < -0.39 is 0 Å². The zero-order valence-corrected chi connectivity index (χ0v) is 12.2. The minimum atomic E-state index is 0.0385. The van der Waals surface area contributed by atoms with Gasteiger partial charge in [-0.3, -0.25) is 9.48 Å². The van der Waals surface area contributed by atoms with Crippen molar-refractivity contribution < 1.29 is 4.79 Å². The van der Waals surface area contributed by atoms with Crippen LogP contribution < -0.4 is 5.73 Å². The van der Waals surface area contributed by atoms with Gasteiger partial charge in [0, 0.05) is 43.6 Å². The van der Waals surface area contributed by atoms with Crippen molar-refractivity contribution in [3.05, 3.63) is 47.8 Å². The van der Waals surface area contributed by atoms with Crippen molar-refractivity contribution in [1.29, 1.82) is 0 Å². The molecular weight excluding hydrogens is 264 g/mol. The smallest absolute Gasteiger partial charge is 0.255 e. The molecule has 2 N–H and O–H groups in total. The fourth-order valence-electron chi connectivity index (χ4n) is 3.03. The number of nitrogens with zero attached hydrogens (tertiary/aromatic N) is 3. The van der Waals surface area contributed by atoms with Crippen molar-refractivity contribution >= 4 is 11.6 Å². The van der Waals surface area contributed by atoms with E-state index in [1.165, 1.54) is 5.69 Å². The number of nitrogens with two attached hydrogens (primary N) is 1. The maximum Gasteiger partial charge on any atom is 0.255 e. The number of para-hydroxylation sites is 1. The molecular formula is C16H20N4O. The van der Waals surface area contributed by atoms with Crippen molar-refractivity contribution in [2.24, 2.45) is 7.05 Å².